The normalized spacial score (nSPS) is 17.6. The molecule has 0 bridgehead atoms. The van der Waals surface area contributed by atoms with Crippen molar-refractivity contribution in [3.63, 3.8) is 0 Å². The number of nitrogens with zero attached hydrogens (tertiary/aromatic N) is 5. The van der Waals surface area contributed by atoms with E-state index in [0.29, 0.717) is 23.8 Å². The summed E-state index contributed by atoms with van der Waals surface area (Å²) < 4.78 is 5.96. The molecule has 8 nitrogen and oxygen atoms in total. The van der Waals surface area contributed by atoms with Gasteiger partial charge < -0.3 is 14.3 Å². The Morgan fingerprint density at radius 2 is 1.91 bits per heavy atom. The van der Waals surface area contributed by atoms with Crippen molar-refractivity contribution in [2.45, 2.75) is 25.8 Å². The van der Waals surface area contributed by atoms with Gasteiger partial charge in [-0.3, -0.25) is 14.8 Å². The highest BCUT2D eigenvalue weighted by Crippen LogP contribution is 2.39. The molecule has 5 aromatic rings. The molecule has 8 heteroatoms. The first kappa shape index (κ1) is 20.3. The van der Waals surface area contributed by atoms with E-state index in [-0.39, 0.29) is 17.6 Å². The molecule has 1 aliphatic rings. The van der Waals surface area contributed by atoms with Gasteiger partial charge in [0.2, 0.25) is 11.7 Å². The van der Waals surface area contributed by atoms with Crippen LogP contribution in [-0.4, -0.2) is 42.3 Å². The van der Waals surface area contributed by atoms with Crippen molar-refractivity contribution in [3.05, 3.63) is 95.8 Å². The van der Waals surface area contributed by atoms with Gasteiger partial charge in [-0.15, -0.1) is 0 Å². The zero-order valence-electron chi connectivity index (χ0n) is 18.8. The van der Waals surface area contributed by atoms with Crippen LogP contribution in [-0.2, 0) is 0 Å². The number of aromatic amines is 1. The lowest BCUT2D eigenvalue weighted by atomic mass is 9.92. The van der Waals surface area contributed by atoms with E-state index in [1.165, 1.54) is 0 Å². The topological polar surface area (TPSA) is 101 Å². The van der Waals surface area contributed by atoms with Gasteiger partial charge in [-0.05, 0) is 30.5 Å². The van der Waals surface area contributed by atoms with Crippen LogP contribution in [0.4, 0.5) is 0 Å². The van der Waals surface area contributed by atoms with Crippen LogP contribution in [0.25, 0.3) is 22.4 Å². The maximum absolute atomic E-state index is 13.9. The van der Waals surface area contributed by atoms with Gasteiger partial charge in [0.15, 0.2) is 0 Å². The summed E-state index contributed by atoms with van der Waals surface area (Å²) >= 11 is 0. The van der Waals surface area contributed by atoms with E-state index in [0.717, 1.165) is 27.9 Å². The second kappa shape index (κ2) is 7.91. The van der Waals surface area contributed by atoms with Gasteiger partial charge in [0.25, 0.3) is 5.91 Å². The van der Waals surface area contributed by atoms with Crippen LogP contribution >= 0.6 is 0 Å². The molecule has 168 valence electrons. The van der Waals surface area contributed by atoms with Crippen molar-refractivity contribution in [3.8, 4) is 11.6 Å². The Morgan fingerprint density at radius 3 is 2.74 bits per heavy atom. The zero-order valence-corrected chi connectivity index (χ0v) is 18.8. The Morgan fingerprint density at radius 1 is 1.09 bits per heavy atom. The minimum atomic E-state index is -0.423. The minimum absolute atomic E-state index is 0.0559. The van der Waals surface area contributed by atoms with Crippen LogP contribution in [0.3, 0.4) is 0 Å². The molecule has 1 aliphatic heterocycles. The van der Waals surface area contributed by atoms with Gasteiger partial charge in [-0.1, -0.05) is 37.3 Å². The molecule has 6 rings (SSSR count). The Bertz CT molecular complexity index is 1510. The SMILES string of the molecule is Cc1nc(-c2ccccn2)oc1C(=O)N1C[C@@H](C)c2nc[nH]c2[C@@H]1c1cc2ccccc2cn1. The number of H-pyrrole nitrogens is 1. The summed E-state index contributed by atoms with van der Waals surface area (Å²) in [6.45, 7) is 4.33. The number of oxazole rings is 1. The summed E-state index contributed by atoms with van der Waals surface area (Å²) in [6, 6.07) is 15.2. The molecule has 0 aliphatic carbocycles. The molecule has 1 aromatic carbocycles. The Kier molecular flexibility index (Phi) is 4.72. The smallest absolute Gasteiger partial charge is 0.292 e. The number of fused-ring (bicyclic) bond motifs is 2. The molecule has 0 spiro atoms. The lowest BCUT2D eigenvalue weighted by Crippen LogP contribution is -2.42. The predicted molar refractivity (Wildman–Crippen MR) is 126 cm³/mol. The van der Waals surface area contributed by atoms with Gasteiger partial charge in [0, 0.05) is 30.2 Å². The summed E-state index contributed by atoms with van der Waals surface area (Å²) in [5.41, 5.74) is 3.70. The quantitative estimate of drug-likeness (QED) is 0.429. The van der Waals surface area contributed by atoms with Crippen LogP contribution in [0.15, 0.2) is 71.7 Å². The zero-order chi connectivity index (χ0) is 23.2. The Balaban J connectivity index is 1.45. The van der Waals surface area contributed by atoms with Crippen molar-refractivity contribution < 1.29 is 9.21 Å². The fourth-order valence-electron chi connectivity index (χ4n) is 4.65. The molecule has 1 N–H and O–H groups in total. The van der Waals surface area contributed by atoms with Crippen LogP contribution in [0.2, 0.25) is 0 Å². The van der Waals surface area contributed by atoms with Crippen LogP contribution in [0.1, 0.15) is 52.2 Å². The number of nitrogens with one attached hydrogen (secondary N) is 1. The van der Waals surface area contributed by atoms with E-state index in [4.69, 9.17) is 9.40 Å². The minimum Gasteiger partial charge on any atom is -0.429 e. The third-order valence-corrected chi connectivity index (χ3v) is 6.29. The van der Waals surface area contributed by atoms with Crippen LogP contribution in [0, 0.1) is 6.92 Å². The Hall–Kier alpha value is -4.33. The fourth-order valence-corrected chi connectivity index (χ4v) is 4.65. The van der Waals surface area contributed by atoms with Crippen LogP contribution < -0.4 is 0 Å². The van der Waals surface area contributed by atoms with Crippen molar-refractivity contribution in [1.82, 2.24) is 29.8 Å². The molecule has 34 heavy (non-hydrogen) atoms. The van der Waals surface area contributed by atoms with E-state index < -0.39 is 6.04 Å². The number of pyridine rings is 2. The largest absolute Gasteiger partial charge is 0.429 e. The lowest BCUT2D eigenvalue weighted by molar-refractivity contribution is 0.0637. The van der Waals surface area contributed by atoms with E-state index in [2.05, 4.69) is 26.9 Å². The predicted octanol–water partition coefficient (Wildman–Crippen LogP) is 4.67. The monoisotopic (exact) mass is 450 g/mol. The highest BCUT2D eigenvalue weighted by molar-refractivity contribution is 5.94. The number of carbonyl (C=O) groups excluding carboxylic acids is 1. The van der Waals surface area contributed by atoms with Crippen molar-refractivity contribution >= 4 is 16.7 Å². The molecule has 0 saturated heterocycles. The first-order valence-electron chi connectivity index (χ1n) is 11.2. The lowest BCUT2D eigenvalue weighted by Gasteiger charge is -2.37. The first-order chi connectivity index (χ1) is 16.6. The fraction of sp³-hybridized carbons (Fsp3) is 0.192. The second-order valence-corrected chi connectivity index (χ2v) is 8.57. The number of carbonyl (C=O) groups is 1. The highest BCUT2D eigenvalue weighted by Gasteiger charge is 2.40. The van der Waals surface area contributed by atoms with E-state index >= 15 is 0 Å². The number of imidazole rings is 1. The maximum atomic E-state index is 13.9. The summed E-state index contributed by atoms with van der Waals surface area (Å²) in [7, 11) is 0. The third-order valence-electron chi connectivity index (χ3n) is 6.29. The van der Waals surface area contributed by atoms with Crippen molar-refractivity contribution in [2.75, 3.05) is 6.54 Å². The van der Waals surface area contributed by atoms with Gasteiger partial charge in [-0.25, -0.2) is 9.97 Å². The average molecular weight is 451 g/mol. The number of hydrogen-bond donors (Lipinski definition) is 1. The van der Waals surface area contributed by atoms with E-state index in [1.54, 1.807) is 30.4 Å². The number of aromatic nitrogens is 5. The van der Waals surface area contributed by atoms with Gasteiger partial charge in [0.05, 0.1) is 29.1 Å². The van der Waals surface area contributed by atoms with E-state index in [1.807, 2.05) is 48.7 Å². The van der Waals surface area contributed by atoms with Gasteiger partial charge in [0.1, 0.15) is 11.7 Å². The highest BCUT2D eigenvalue weighted by atomic mass is 16.4. The summed E-state index contributed by atoms with van der Waals surface area (Å²) in [5, 5.41) is 2.11. The number of hydrogen-bond acceptors (Lipinski definition) is 6. The third kappa shape index (κ3) is 3.26. The van der Waals surface area contributed by atoms with Crippen LogP contribution in [0.5, 0.6) is 0 Å². The summed E-state index contributed by atoms with van der Waals surface area (Å²) in [6.07, 6.45) is 5.20. The first-order valence-corrected chi connectivity index (χ1v) is 11.2. The van der Waals surface area contributed by atoms with E-state index in [9.17, 15) is 4.79 Å². The number of aryl methyl sites for hydroxylation is 1. The average Bonchev–Trinajstić information content (AvgIpc) is 3.51. The summed E-state index contributed by atoms with van der Waals surface area (Å²) in [5.74, 6) is 0.357. The molecule has 2 atom stereocenters. The molecule has 1 amide bonds. The molecule has 4 aromatic heterocycles. The molecule has 0 radical (unpaired) electrons. The number of rotatable bonds is 3. The molecular formula is C26H22N6O2. The number of benzene rings is 1. The molecule has 0 saturated carbocycles. The Labute approximate surface area is 195 Å². The standard InChI is InChI=1S/C26H22N6O2/c1-15-13-32(26(33)24-16(2)31-25(34-24)19-9-5-6-10-27-19)23(22-21(15)29-14-30-22)20-11-17-7-3-4-8-18(17)12-28-20/h3-12,14-15,23H,13H2,1-2H3,(H,29,30)/t15-,23+/m1/s1. The van der Waals surface area contributed by atoms with Gasteiger partial charge >= 0.3 is 0 Å². The maximum Gasteiger partial charge on any atom is 0.292 e. The van der Waals surface area contributed by atoms with Gasteiger partial charge in [-0.2, -0.15) is 0 Å². The molecular weight excluding hydrogens is 428 g/mol. The van der Waals surface area contributed by atoms with Crippen molar-refractivity contribution in [1.29, 1.82) is 0 Å². The van der Waals surface area contributed by atoms with Crippen molar-refractivity contribution in [2.24, 2.45) is 0 Å². The summed E-state index contributed by atoms with van der Waals surface area (Å²) in [4.78, 5) is 37.0. The molecule has 0 fully saturated rings. The molecule has 0 unspecified atom stereocenters. The molecule has 5 heterocycles. The number of amides is 1. The second-order valence-electron chi connectivity index (χ2n) is 8.57.